The molecule has 0 atom stereocenters. The van der Waals surface area contributed by atoms with Crippen molar-refractivity contribution in [3.8, 4) is 0 Å². The molecule has 1 aliphatic heterocycles. The molecule has 2 rings (SSSR count). The Balaban J connectivity index is 2.10. The van der Waals surface area contributed by atoms with Gasteiger partial charge in [0, 0.05) is 17.6 Å². The van der Waals surface area contributed by atoms with E-state index in [2.05, 4.69) is 63.3 Å². The van der Waals surface area contributed by atoms with Crippen LogP contribution in [0.2, 0.25) is 0 Å². The number of likely N-dealkylation sites (N-methyl/N-ethyl adjacent to an activating group) is 1. The van der Waals surface area contributed by atoms with Crippen molar-refractivity contribution in [1.29, 1.82) is 0 Å². The lowest BCUT2D eigenvalue weighted by Gasteiger charge is -2.19. The van der Waals surface area contributed by atoms with Crippen LogP contribution >= 0.6 is 15.9 Å². The maximum Gasteiger partial charge on any atom is 0.139 e. The third kappa shape index (κ3) is 2.44. The molecule has 0 spiro atoms. The highest BCUT2D eigenvalue weighted by molar-refractivity contribution is 9.10. The van der Waals surface area contributed by atoms with E-state index in [1.165, 1.54) is 11.4 Å². The van der Waals surface area contributed by atoms with Crippen molar-refractivity contribution in [2.45, 2.75) is 0 Å². The molecule has 0 amide bonds. The van der Waals surface area contributed by atoms with Gasteiger partial charge in [0.15, 0.2) is 0 Å². The van der Waals surface area contributed by atoms with Gasteiger partial charge in [0.25, 0.3) is 0 Å². The van der Waals surface area contributed by atoms with E-state index in [1.807, 2.05) is 6.67 Å². The first-order valence-corrected chi connectivity index (χ1v) is 5.77. The van der Waals surface area contributed by atoms with Gasteiger partial charge in [0.1, 0.15) is 6.67 Å². The molecule has 15 heavy (non-hydrogen) atoms. The van der Waals surface area contributed by atoms with Crippen LogP contribution in [-0.4, -0.2) is 32.1 Å². The normalized spacial score (nSPS) is 14.3. The van der Waals surface area contributed by atoms with E-state index in [-0.39, 0.29) is 0 Å². The van der Waals surface area contributed by atoms with E-state index in [0.717, 1.165) is 17.6 Å². The fourth-order valence-electron chi connectivity index (χ4n) is 1.57. The Hall–Kier alpha value is -0.740. The number of benzene rings is 1. The molecule has 0 bridgehead atoms. The smallest absolute Gasteiger partial charge is 0.139 e. The lowest BCUT2D eigenvalue weighted by atomic mass is 10.2. The Labute approximate surface area is 99.2 Å². The highest BCUT2D eigenvalue weighted by Gasteiger charge is 2.18. The van der Waals surface area contributed by atoms with Gasteiger partial charge in [-0.1, -0.05) is 15.9 Å². The zero-order valence-corrected chi connectivity index (χ0v) is 10.6. The number of fused-ring (bicyclic) bond motifs is 1. The van der Waals surface area contributed by atoms with Crippen LogP contribution in [0.15, 0.2) is 22.7 Å². The van der Waals surface area contributed by atoms with Gasteiger partial charge < -0.3 is 15.1 Å². The van der Waals surface area contributed by atoms with Gasteiger partial charge in [0.05, 0.1) is 11.4 Å². The summed E-state index contributed by atoms with van der Waals surface area (Å²) in [5.74, 6) is 0. The molecule has 0 saturated heterocycles. The van der Waals surface area contributed by atoms with E-state index < -0.39 is 0 Å². The molecule has 0 aromatic heterocycles. The minimum absolute atomic E-state index is 1.00. The molecule has 1 heterocycles. The minimum Gasteiger partial charge on any atom is -0.360 e. The van der Waals surface area contributed by atoms with Crippen molar-refractivity contribution in [3.05, 3.63) is 29.3 Å². The first-order chi connectivity index (χ1) is 7.16. The highest BCUT2D eigenvalue weighted by atomic mass is 79.9. The first kappa shape index (κ1) is 10.8. The van der Waals surface area contributed by atoms with E-state index in [4.69, 9.17) is 0 Å². The van der Waals surface area contributed by atoms with E-state index >= 15 is 0 Å². The fourth-order valence-corrected chi connectivity index (χ4v) is 1.92. The summed E-state index contributed by atoms with van der Waals surface area (Å²) >= 11 is 3.49. The maximum atomic E-state index is 3.49. The Morgan fingerprint density at radius 1 is 1.40 bits per heavy atom. The van der Waals surface area contributed by atoms with Crippen molar-refractivity contribution in [2.24, 2.45) is 0 Å². The first-order valence-electron chi connectivity index (χ1n) is 4.97. The third-order valence-corrected chi connectivity index (χ3v) is 2.93. The van der Waals surface area contributed by atoms with Gasteiger partial charge in [0.2, 0.25) is 0 Å². The zero-order chi connectivity index (χ0) is 10.8. The van der Waals surface area contributed by atoms with Crippen LogP contribution in [0, 0.1) is 6.67 Å². The second-order valence-corrected chi connectivity index (χ2v) is 4.85. The Bertz CT molecular complexity index is 352. The summed E-state index contributed by atoms with van der Waals surface area (Å²) in [6.45, 7) is 4.08. The lowest BCUT2D eigenvalue weighted by Crippen LogP contribution is -2.28. The van der Waals surface area contributed by atoms with Crippen molar-refractivity contribution in [3.63, 3.8) is 0 Å². The highest BCUT2D eigenvalue weighted by Crippen LogP contribution is 2.34. The number of hydrogen-bond donors (Lipinski definition) is 1. The molecule has 4 heteroatoms. The van der Waals surface area contributed by atoms with Gasteiger partial charge in [-0.3, -0.25) is 0 Å². The third-order valence-electron chi connectivity index (χ3n) is 2.43. The Kier molecular flexibility index (Phi) is 3.17. The van der Waals surface area contributed by atoms with Gasteiger partial charge in [-0.2, -0.15) is 0 Å². The quantitative estimate of drug-likeness (QED) is 0.908. The monoisotopic (exact) mass is 268 g/mol. The van der Waals surface area contributed by atoms with E-state index in [0.29, 0.717) is 0 Å². The molecule has 1 N–H and O–H groups in total. The fraction of sp³-hybridized carbons (Fsp3) is 0.364. The average Bonchev–Trinajstić information content (AvgIpc) is 2.57. The van der Waals surface area contributed by atoms with Crippen molar-refractivity contribution >= 4 is 27.3 Å². The summed E-state index contributed by atoms with van der Waals surface area (Å²) < 4.78 is 1.12. The summed E-state index contributed by atoms with van der Waals surface area (Å²) in [4.78, 5) is 4.42. The van der Waals surface area contributed by atoms with Crippen LogP contribution in [0.1, 0.15) is 0 Å². The molecule has 3 nitrogen and oxygen atoms in total. The Morgan fingerprint density at radius 2 is 2.20 bits per heavy atom. The van der Waals surface area contributed by atoms with Crippen LogP contribution in [0.3, 0.4) is 0 Å². The maximum absolute atomic E-state index is 3.49. The molecule has 0 fully saturated rings. The second-order valence-electron chi connectivity index (χ2n) is 3.93. The van der Waals surface area contributed by atoms with Crippen LogP contribution in [0.5, 0.6) is 0 Å². The van der Waals surface area contributed by atoms with Crippen molar-refractivity contribution in [2.75, 3.05) is 37.4 Å². The van der Waals surface area contributed by atoms with Crippen molar-refractivity contribution in [1.82, 2.24) is 4.90 Å². The lowest BCUT2D eigenvalue weighted by molar-refractivity contribution is 0.417. The summed E-state index contributed by atoms with van der Waals surface area (Å²) in [6, 6.07) is 6.28. The molecule has 0 unspecified atom stereocenters. The molecule has 1 aromatic rings. The molecule has 1 radical (unpaired) electrons. The van der Waals surface area contributed by atoms with Crippen LogP contribution in [-0.2, 0) is 0 Å². The molecule has 1 aliphatic rings. The zero-order valence-electron chi connectivity index (χ0n) is 9.00. The topological polar surface area (TPSA) is 18.5 Å². The summed E-state index contributed by atoms with van der Waals surface area (Å²) in [7, 11) is 4.18. The summed E-state index contributed by atoms with van der Waals surface area (Å²) in [5.41, 5.74) is 2.42. The molecule has 81 valence electrons. The number of hydrogen-bond acceptors (Lipinski definition) is 3. The number of rotatable bonds is 3. The predicted molar refractivity (Wildman–Crippen MR) is 68.0 cm³/mol. The van der Waals surface area contributed by atoms with Crippen molar-refractivity contribution < 1.29 is 0 Å². The molecule has 0 saturated carbocycles. The van der Waals surface area contributed by atoms with Gasteiger partial charge in [-0.25, -0.2) is 0 Å². The standard InChI is InChI=1S/C11H15BrN3/c1-14(2)5-6-15-8-13-10-4-3-9(12)7-11(10)15/h3-4,7-8,13H,5-6H2,1-2H3. The SMILES string of the molecule is CN(C)CCN1[CH]Nc2ccc(Br)cc21. The van der Waals surface area contributed by atoms with Crippen LogP contribution < -0.4 is 10.2 Å². The van der Waals surface area contributed by atoms with E-state index in [1.54, 1.807) is 0 Å². The Morgan fingerprint density at radius 3 is 2.93 bits per heavy atom. The number of anilines is 2. The molecule has 1 aromatic carbocycles. The van der Waals surface area contributed by atoms with Gasteiger partial charge >= 0.3 is 0 Å². The summed E-state index contributed by atoms with van der Waals surface area (Å²) in [6.07, 6.45) is 0. The number of nitrogens with one attached hydrogen (secondary N) is 1. The molecular formula is C11H15BrN3. The predicted octanol–water partition coefficient (Wildman–Crippen LogP) is 2.36. The molecule has 0 aliphatic carbocycles. The summed E-state index contributed by atoms with van der Waals surface area (Å²) in [5, 5.41) is 3.26. The second kappa shape index (κ2) is 4.41. The number of nitrogens with zero attached hydrogens (tertiary/aromatic N) is 2. The average molecular weight is 269 g/mol. The van der Waals surface area contributed by atoms with Gasteiger partial charge in [-0.15, -0.1) is 0 Å². The number of halogens is 1. The molecular weight excluding hydrogens is 254 g/mol. The minimum atomic E-state index is 1.00. The van der Waals surface area contributed by atoms with E-state index in [9.17, 15) is 0 Å². The largest absolute Gasteiger partial charge is 0.360 e. The van der Waals surface area contributed by atoms with Gasteiger partial charge in [-0.05, 0) is 32.3 Å². The van der Waals surface area contributed by atoms with Crippen LogP contribution in [0.25, 0.3) is 0 Å². The van der Waals surface area contributed by atoms with Crippen LogP contribution in [0.4, 0.5) is 11.4 Å².